The minimum Gasteiger partial charge on any atom is -0.316 e. The molecule has 1 unspecified atom stereocenters. The van der Waals surface area contributed by atoms with E-state index in [9.17, 15) is 16.8 Å². The highest BCUT2D eigenvalue weighted by molar-refractivity contribution is 8.06. The molecule has 0 radical (unpaired) electrons. The van der Waals surface area contributed by atoms with Gasteiger partial charge in [-0.15, -0.1) is 0 Å². The van der Waals surface area contributed by atoms with Crippen molar-refractivity contribution in [3.8, 4) is 0 Å². The third-order valence-electron chi connectivity index (χ3n) is 2.36. The van der Waals surface area contributed by atoms with Crippen LogP contribution in [0.5, 0.6) is 0 Å². The van der Waals surface area contributed by atoms with E-state index in [2.05, 4.69) is 10.0 Å². The summed E-state index contributed by atoms with van der Waals surface area (Å²) in [6.45, 7) is 2.05. The summed E-state index contributed by atoms with van der Waals surface area (Å²) in [6, 6.07) is 0. The number of piperidine rings is 1. The van der Waals surface area contributed by atoms with Crippen LogP contribution in [-0.4, -0.2) is 47.8 Å². The van der Waals surface area contributed by atoms with Crippen LogP contribution in [0.4, 0.5) is 0 Å². The van der Waals surface area contributed by atoms with Gasteiger partial charge in [-0.1, -0.05) is 0 Å². The molecule has 96 valence electrons. The van der Waals surface area contributed by atoms with Gasteiger partial charge in [0.15, 0.2) is 14.9 Å². The Bertz CT molecular complexity index is 409. The lowest BCUT2D eigenvalue weighted by molar-refractivity contribution is 0.376. The summed E-state index contributed by atoms with van der Waals surface area (Å²) in [7, 11) is -7.21. The molecule has 2 N–H and O–H groups in total. The molecule has 0 aromatic rings. The monoisotopic (exact) mass is 270 g/mol. The molecule has 1 heterocycles. The Morgan fingerprint density at radius 3 is 2.50 bits per heavy atom. The van der Waals surface area contributed by atoms with Crippen LogP contribution in [0.2, 0.25) is 0 Å². The number of rotatable bonds is 5. The van der Waals surface area contributed by atoms with Crippen molar-refractivity contribution in [3.05, 3.63) is 0 Å². The molecule has 1 atom stereocenters. The fourth-order valence-electron chi connectivity index (χ4n) is 1.67. The number of sulfonamides is 1. The first-order valence-corrected chi connectivity index (χ1v) is 8.85. The van der Waals surface area contributed by atoms with Crippen LogP contribution in [0.3, 0.4) is 0 Å². The summed E-state index contributed by atoms with van der Waals surface area (Å²) in [5.74, 6) is 0.253. The summed E-state index contributed by atoms with van der Waals surface area (Å²) in [5, 5.41) is 2.33. The number of sulfone groups is 1. The molecule has 0 aromatic heterocycles. The average molecular weight is 270 g/mol. The highest BCUT2D eigenvalue weighted by atomic mass is 32.3. The van der Waals surface area contributed by atoms with E-state index in [1.54, 1.807) is 0 Å². The van der Waals surface area contributed by atoms with E-state index < -0.39 is 24.9 Å². The molecule has 8 heteroatoms. The summed E-state index contributed by atoms with van der Waals surface area (Å²) >= 11 is 0. The van der Waals surface area contributed by atoms with Gasteiger partial charge in [0.05, 0.1) is 0 Å². The van der Waals surface area contributed by atoms with Gasteiger partial charge in [0.2, 0.25) is 10.0 Å². The second-order valence-electron chi connectivity index (χ2n) is 4.22. The molecule has 0 spiro atoms. The van der Waals surface area contributed by atoms with Crippen LogP contribution in [0.1, 0.15) is 12.8 Å². The van der Waals surface area contributed by atoms with Crippen molar-refractivity contribution in [2.45, 2.75) is 12.8 Å². The van der Waals surface area contributed by atoms with E-state index in [1.165, 1.54) is 0 Å². The molecule has 0 amide bonds. The SMILES string of the molecule is CS(=O)(=O)CS(=O)(=O)NCC1CCCNC1. The van der Waals surface area contributed by atoms with E-state index in [0.717, 1.165) is 32.2 Å². The van der Waals surface area contributed by atoms with Gasteiger partial charge in [-0.25, -0.2) is 21.6 Å². The predicted molar refractivity (Wildman–Crippen MR) is 62.2 cm³/mol. The first-order valence-electron chi connectivity index (χ1n) is 5.14. The first-order chi connectivity index (χ1) is 7.29. The highest BCUT2D eigenvalue weighted by Crippen LogP contribution is 2.08. The van der Waals surface area contributed by atoms with Gasteiger partial charge >= 0.3 is 0 Å². The third-order valence-corrected chi connectivity index (χ3v) is 5.92. The van der Waals surface area contributed by atoms with Gasteiger partial charge in [-0.3, -0.25) is 0 Å². The fraction of sp³-hybridized carbons (Fsp3) is 1.00. The van der Waals surface area contributed by atoms with E-state index in [1.807, 2.05) is 0 Å². The lowest BCUT2D eigenvalue weighted by Crippen LogP contribution is -2.39. The van der Waals surface area contributed by atoms with Gasteiger partial charge in [0.25, 0.3) is 0 Å². The number of hydrogen-bond acceptors (Lipinski definition) is 5. The smallest absolute Gasteiger partial charge is 0.226 e. The van der Waals surface area contributed by atoms with E-state index in [4.69, 9.17) is 0 Å². The van der Waals surface area contributed by atoms with Crippen LogP contribution in [0, 0.1) is 5.92 Å². The van der Waals surface area contributed by atoms with Gasteiger partial charge < -0.3 is 5.32 Å². The molecule has 0 bridgehead atoms. The first kappa shape index (κ1) is 13.9. The van der Waals surface area contributed by atoms with Gasteiger partial charge in [0.1, 0.15) is 0 Å². The van der Waals surface area contributed by atoms with Crippen LogP contribution in [0.15, 0.2) is 0 Å². The van der Waals surface area contributed by atoms with Crippen LogP contribution >= 0.6 is 0 Å². The maximum Gasteiger partial charge on any atom is 0.226 e. The van der Waals surface area contributed by atoms with Crippen LogP contribution in [-0.2, 0) is 19.9 Å². The Labute approximate surface area is 96.8 Å². The lowest BCUT2D eigenvalue weighted by Gasteiger charge is -2.22. The quantitative estimate of drug-likeness (QED) is 0.662. The summed E-state index contributed by atoms with van der Waals surface area (Å²) in [5.41, 5.74) is 0. The van der Waals surface area contributed by atoms with E-state index >= 15 is 0 Å². The average Bonchev–Trinajstić information content (AvgIpc) is 2.13. The topological polar surface area (TPSA) is 92.3 Å². The molecule has 0 aromatic carbocycles. The summed E-state index contributed by atoms with van der Waals surface area (Å²) < 4.78 is 46.8. The van der Waals surface area contributed by atoms with Crippen molar-refractivity contribution >= 4 is 19.9 Å². The zero-order valence-electron chi connectivity index (χ0n) is 9.27. The van der Waals surface area contributed by atoms with Gasteiger partial charge in [-0.05, 0) is 31.8 Å². The standard InChI is InChI=1S/C8H18N2O4S2/c1-15(11,12)7-16(13,14)10-6-8-3-2-4-9-5-8/h8-10H,2-7H2,1H3. The molecule has 0 aliphatic carbocycles. The molecule has 1 rings (SSSR count). The molecule has 0 saturated carbocycles. The Balaban J connectivity index is 2.41. The Morgan fingerprint density at radius 2 is 2.00 bits per heavy atom. The molecule has 16 heavy (non-hydrogen) atoms. The van der Waals surface area contributed by atoms with Crippen LogP contribution < -0.4 is 10.0 Å². The summed E-state index contributed by atoms with van der Waals surface area (Å²) in [6.07, 6.45) is 2.90. The van der Waals surface area contributed by atoms with Gasteiger partial charge in [0, 0.05) is 12.8 Å². The molecular formula is C8H18N2O4S2. The maximum absolute atomic E-state index is 11.4. The predicted octanol–water partition coefficient (Wildman–Crippen LogP) is -1.09. The van der Waals surface area contributed by atoms with Crippen molar-refractivity contribution in [2.75, 3.05) is 31.0 Å². The lowest BCUT2D eigenvalue weighted by atomic mass is 10.0. The largest absolute Gasteiger partial charge is 0.316 e. The van der Waals surface area contributed by atoms with Gasteiger partial charge in [-0.2, -0.15) is 0 Å². The normalized spacial score (nSPS) is 23.2. The Kier molecular flexibility index (Phi) is 4.72. The minimum absolute atomic E-state index is 0.253. The molecule has 6 nitrogen and oxygen atoms in total. The summed E-state index contributed by atoms with van der Waals surface area (Å²) in [4.78, 5) is 0. The van der Waals surface area contributed by atoms with Crippen molar-refractivity contribution < 1.29 is 16.8 Å². The Hall–Kier alpha value is -0.180. The fourth-order valence-corrected chi connectivity index (χ4v) is 4.74. The van der Waals surface area contributed by atoms with Crippen molar-refractivity contribution in [1.29, 1.82) is 0 Å². The van der Waals surface area contributed by atoms with Crippen LogP contribution in [0.25, 0.3) is 0 Å². The zero-order valence-corrected chi connectivity index (χ0v) is 10.9. The third kappa shape index (κ3) is 5.78. The number of nitrogens with one attached hydrogen (secondary N) is 2. The minimum atomic E-state index is -3.70. The second-order valence-corrected chi connectivity index (χ2v) is 8.53. The van der Waals surface area contributed by atoms with Crippen molar-refractivity contribution in [2.24, 2.45) is 5.92 Å². The van der Waals surface area contributed by atoms with Crippen molar-refractivity contribution in [1.82, 2.24) is 10.0 Å². The van der Waals surface area contributed by atoms with Crippen molar-refractivity contribution in [3.63, 3.8) is 0 Å². The Morgan fingerprint density at radius 1 is 1.31 bits per heavy atom. The molecular weight excluding hydrogens is 252 g/mol. The molecule has 1 saturated heterocycles. The van der Waals surface area contributed by atoms with E-state index in [0.29, 0.717) is 6.54 Å². The second kappa shape index (κ2) is 5.44. The zero-order chi connectivity index (χ0) is 12.2. The van der Waals surface area contributed by atoms with E-state index in [-0.39, 0.29) is 5.92 Å². The number of hydrogen-bond donors (Lipinski definition) is 2. The molecule has 1 fully saturated rings. The highest BCUT2D eigenvalue weighted by Gasteiger charge is 2.20. The molecule has 1 aliphatic heterocycles. The molecule has 1 aliphatic rings. The maximum atomic E-state index is 11.4.